The fourth-order valence-corrected chi connectivity index (χ4v) is 3.42. The van der Waals surface area contributed by atoms with Gasteiger partial charge in [0.25, 0.3) is 0 Å². The minimum Gasteiger partial charge on any atom is -0.383 e. The van der Waals surface area contributed by atoms with Crippen molar-refractivity contribution in [3.63, 3.8) is 0 Å². The van der Waals surface area contributed by atoms with Gasteiger partial charge in [-0.1, -0.05) is 13.8 Å². The summed E-state index contributed by atoms with van der Waals surface area (Å²) in [6.07, 6.45) is 2.55. The van der Waals surface area contributed by atoms with E-state index in [-0.39, 0.29) is 10.9 Å². The lowest BCUT2D eigenvalue weighted by Crippen LogP contribution is -2.47. The van der Waals surface area contributed by atoms with Crippen LogP contribution < -0.4 is 5.32 Å². The Hall–Kier alpha value is -1.79. The number of hydrogen-bond donors (Lipinski definition) is 1. The van der Waals surface area contributed by atoms with Crippen LogP contribution in [0.3, 0.4) is 0 Å². The number of hydrogen-bond acceptors (Lipinski definition) is 4. The van der Waals surface area contributed by atoms with Crippen molar-refractivity contribution in [1.29, 1.82) is 0 Å². The highest BCUT2D eigenvalue weighted by Crippen LogP contribution is 2.27. The van der Waals surface area contributed by atoms with Crippen LogP contribution in [-0.2, 0) is 4.74 Å². The molecule has 3 rings (SSSR count). The van der Waals surface area contributed by atoms with Crippen LogP contribution >= 0.6 is 0 Å². The number of fused-ring (bicyclic) bond motifs is 1. The summed E-state index contributed by atoms with van der Waals surface area (Å²) < 4.78 is 33.6. The summed E-state index contributed by atoms with van der Waals surface area (Å²) >= 11 is 0. The first-order valence-corrected chi connectivity index (χ1v) is 8.84. The monoisotopic (exact) mass is 349 g/mol. The van der Waals surface area contributed by atoms with E-state index >= 15 is 0 Å². The Morgan fingerprint density at radius 2 is 1.88 bits per heavy atom. The smallest absolute Gasteiger partial charge is 0.149 e. The molecule has 1 unspecified atom stereocenters. The van der Waals surface area contributed by atoms with Gasteiger partial charge in [0, 0.05) is 37.6 Å². The molecule has 136 valence electrons. The number of nitrogens with zero attached hydrogens (tertiary/aromatic N) is 2. The van der Waals surface area contributed by atoms with Crippen LogP contribution in [0.4, 0.5) is 14.5 Å². The lowest BCUT2D eigenvalue weighted by molar-refractivity contribution is 0.0151. The van der Waals surface area contributed by atoms with Gasteiger partial charge >= 0.3 is 0 Å². The fraction of sp³-hybridized carbons (Fsp3) is 0.526. The second-order valence-corrected chi connectivity index (χ2v) is 6.92. The minimum absolute atomic E-state index is 0.0665. The van der Waals surface area contributed by atoms with Crippen molar-refractivity contribution in [2.45, 2.75) is 26.3 Å². The van der Waals surface area contributed by atoms with Crippen LogP contribution in [-0.4, -0.2) is 48.8 Å². The Morgan fingerprint density at radius 1 is 1.16 bits per heavy atom. The third-order valence-corrected chi connectivity index (χ3v) is 4.63. The molecule has 1 N–H and O–H groups in total. The Balaban J connectivity index is 1.80. The molecule has 1 fully saturated rings. The average Bonchev–Trinajstić information content (AvgIpc) is 2.62. The SMILES string of the molecule is CC(C)CC(CNc1ccnc2c(F)ccc(F)c12)N1CCOCC1. The fourth-order valence-electron chi connectivity index (χ4n) is 3.42. The van der Waals surface area contributed by atoms with E-state index in [0.29, 0.717) is 24.2 Å². The summed E-state index contributed by atoms with van der Waals surface area (Å²) in [5.41, 5.74) is 0.654. The molecule has 4 nitrogen and oxygen atoms in total. The molecule has 1 saturated heterocycles. The van der Waals surface area contributed by atoms with Crippen molar-refractivity contribution in [1.82, 2.24) is 9.88 Å². The molecule has 0 aliphatic carbocycles. The standard InChI is InChI=1S/C19H25F2N3O/c1-13(2)11-14(24-7-9-25-10-8-24)12-23-17-5-6-22-19-16(21)4-3-15(20)18(17)19/h3-6,13-14H,7-12H2,1-2H3,(H,22,23). The van der Waals surface area contributed by atoms with Crippen LogP contribution in [0.25, 0.3) is 10.9 Å². The van der Waals surface area contributed by atoms with Crippen LogP contribution in [0.2, 0.25) is 0 Å². The Bertz CT molecular complexity index is 717. The van der Waals surface area contributed by atoms with Crippen LogP contribution in [0.5, 0.6) is 0 Å². The zero-order valence-electron chi connectivity index (χ0n) is 14.8. The largest absolute Gasteiger partial charge is 0.383 e. The minimum atomic E-state index is -0.507. The number of pyridine rings is 1. The molecule has 1 aliphatic heterocycles. The zero-order valence-corrected chi connectivity index (χ0v) is 14.8. The van der Waals surface area contributed by atoms with E-state index in [4.69, 9.17) is 4.74 Å². The number of nitrogens with one attached hydrogen (secondary N) is 1. The van der Waals surface area contributed by atoms with E-state index in [0.717, 1.165) is 44.9 Å². The molecule has 1 aliphatic rings. The molecule has 0 bridgehead atoms. The topological polar surface area (TPSA) is 37.4 Å². The molecule has 2 aromatic rings. The number of anilines is 1. The van der Waals surface area contributed by atoms with Gasteiger partial charge in [-0.05, 0) is 30.5 Å². The molecule has 0 spiro atoms. The average molecular weight is 349 g/mol. The first-order valence-electron chi connectivity index (χ1n) is 8.84. The van der Waals surface area contributed by atoms with Crippen LogP contribution in [0, 0.1) is 17.6 Å². The third kappa shape index (κ3) is 4.25. The number of halogens is 2. The highest BCUT2D eigenvalue weighted by atomic mass is 19.1. The quantitative estimate of drug-likeness (QED) is 0.863. The summed E-state index contributed by atoms with van der Waals surface area (Å²) in [6.45, 7) is 8.36. The van der Waals surface area contributed by atoms with Crippen molar-refractivity contribution < 1.29 is 13.5 Å². The lowest BCUT2D eigenvalue weighted by Gasteiger charge is -2.35. The summed E-state index contributed by atoms with van der Waals surface area (Å²) in [4.78, 5) is 6.40. The van der Waals surface area contributed by atoms with Crippen LogP contribution in [0.1, 0.15) is 20.3 Å². The third-order valence-electron chi connectivity index (χ3n) is 4.63. The molecule has 1 atom stereocenters. The van der Waals surface area contributed by atoms with Crippen molar-refractivity contribution in [3.8, 4) is 0 Å². The molecule has 25 heavy (non-hydrogen) atoms. The second-order valence-electron chi connectivity index (χ2n) is 6.92. The molecule has 2 heterocycles. The van der Waals surface area contributed by atoms with Gasteiger partial charge in [-0.2, -0.15) is 0 Å². The first kappa shape index (κ1) is 18.0. The van der Waals surface area contributed by atoms with Crippen molar-refractivity contribution in [3.05, 3.63) is 36.0 Å². The Labute approximate surface area is 147 Å². The second kappa shape index (κ2) is 8.06. The van der Waals surface area contributed by atoms with Crippen molar-refractivity contribution in [2.75, 3.05) is 38.2 Å². The van der Waals surface area contributed by atoms with E-state index in [2.05, 4.69) is 29.0 Å². The van der Waals surface area contributed by atoms with Gasteiger partial charge in [0.05, 0.1) is 18.6 Å². The summed E-state index contributed by atoms with van der Waals surface area (Å²) in [6, 6.07) is 4.29. The van der Waals surface area contributed by atoms with E-state index in [1.165, 1.54) is 6.20 Å². The molecule has 1 aromatic heterocycles. The maximum absolute atomic E-state index is 14.2. The van der Waals surface area contributed by atoms with E-state index in [1.807, 2.05) is 0 Å². The summed E-state index contributed by atoms with van der Waals surface area (Å²) in [5, 5.41) is 3.54. The van der Waals surface area contributed by atoms with Gasteiger partial charge in [-0.3, -0.25) is 9.88 Å². The highest BCUT2D eigenvalue weighted by Gasteiger charge is 2.22. The number of rotatable bonds is 6. The van der Waals surface area contributed by atoms with Crippen molar-refractivity contribution >= 4 is 16.6 Å². The summed E-state index contributed by atoms with van der Waals surface area (Å²) in [7, 11) is 0. The van der Waals surface area contributed by atoms with Crippen LogP contribution in [0.15, 0.2) is 24.4 Å². The Morgan fingerprint density at radius 3 is 2.60 bits per heavy atom. The number of benzene rings is 1. The highest BCUT2D eigenvalue weighted by molar-refractivity contribution is 5.91. The number of morpholine rings is 1. The molecule has 6 heteroatoms. The van der Waals surface area contributed by atoms with E-state index < -0.39 is 11.6 Å². The molecule has 0 radical (unpaired) electrons. The van der Waals surface area contributed by atoms with E-state index in [1.54, 1.807) is 6.07 Å². The number of ether oxygens (including phenoxy) is 1. The molecular formula is C19H25F2N3O. The maximum atomic E-state index is 14.2. The molecule has 1 aromatic carbocycles. The van der Waals surface area contributed by atoms with Gasteiger partial charge in [0.1, 0.15) is 17.2 Å². The van der Waals surface area contributed by atoms with Gasteiger partial charge in [-0.25, -0.2) is 8.78 Å². The zero-order chi connectivity index (χ0) is 17.8. The van der Waals surface area contributed by atoms with Gasteiger partial charge in [0.2, 0.25) is 0 Å². The van der Waals surface area contributed by atoms with Gasteiger partial charge in [-0.15, -0.1) is 0 Å². The molecule has 0 amide bonds. The Kier molecular flexibility index (Phi) is 5.81. The van der Waals surface area contributed by atoms with Gasteiger partial charge < -0.3 is 10.1 Å². The van der Waals surface area contributed by atoms with Crippen molar-refractivity contribution in [2.24, 2.45) is 5.92 Å². The maximum Gasteiger partial charge on any atom is 0.149 e. The first-order chi connectivity index (χ1) is 12.1. The van der Waals surface area contributed by atoms with E-state index in [9.17, 15) is 8.78 Å². The normalized spacial score (nSPS) is 17.2. The van der Waals surface area contributed by atoms with Gasteiger partial charge in [0.15, 0.2) is 0 Å². The lowest BCUT2D eigenvalue weighted by atomic mass is 10.0. The predicted octanol–water partition coefficient (Wildman–Crippen LogP) is 3.67. The molecular weight excluding hydrogens is 324 g/mol. The number of aromatic nitrogens is 1. The predicted molar refractivity (Wildman–Crippen MR) is 95.8 cm³/mol. The summed E-state index contributed by atoms with van der Waals surface area (Å²) in [5.74, 6) is -0.413. The molecule has 0 saturated carbocycles.